The van der Waals surface area contributed by atoms with Gasteiger partial charge < -0.3 is 20.1 Å². The number of nitrogens with one attached hydrogen (secondary N) is 2. The topological polar surface area (TPSA) is 59.6 Å². The number of hydrogen-bond donors (Lipinski definition) is 2. The van der Waals surface area contributed by atoms with Crippen molar-refractivity contribution >= 4 is 34.1 Å². The molecule has 0 saturated carbocycles. The molecule has 118 valence electrons. The van der Waals surface area contributed by atoms with Gasteiger partial charge in [-0.2, -0.15) is 0 Å². The van der Waals surface area contributed by atoms with Crippen LogP contribution in [0.1, 0.15) is 18.5 Å². The van der Waals surface area contributed by atoms with E-state index in [1.807, 2.05) is 43.3 Å². The van der Waals surface area contributed by atoms with Crippen LogP contribution in [0.5, 0.6) is 5.75 Å². The number of hydrogen-bond acceptors (Lipinski definition) is 4. The van der Waals surface area contributed by atoms with Crippen LogP contribution < -0.4 is 15.4 Å². The van der Waals surface area contributed by atoms with E-state index < -0.39 is 11.6 Å². The molecule has 2 aliphatic heterocycles. The molecule has 2 aliphatic rings. The Labute approximate surface area is 139 Å². The maximum atomic E-state index is 12.4. The van der Waals surface area contributed by atoms with E-state index in [-0.39, 0.29) is 12.0 Å². The number of methoxy groups -OCH3 is 1. The van der Waals surface area contributed by atoms with Crippen LogP contribution in [0.3, 0.4) is 0 Å². The van der Waals surface area contributed by atoms with Gasteiger partial charge in [0.25, 0.3) is 0 Å². The molecule has 3 atom stereocenters. The van der Waals surface area contributed by atoms with Gasteiger partial charge in [-0.05, 0) is 36.0 Å². The lowest BCUT2D eigenvalue weighted by Gasteiger charge is -2.50. The third-order valence-corrected chi connectivity index (χ3v) is 4.81. The molecule has 2 N–H and O–H groups in total. The van der Waals surface area contributed by atoms with Crippen molar-refractivity contribution in [2.45, 2.75) is 18.7 Å². The van der Waals surface area contributed by atoms with Gasteiger partial charge in [0.2, 0.25) is 0 Å². The Kier molecular flexibility index (Phi) is 2.99. The van der Waals surface area contributed by atoms with Crippen LogP contribution in [0, 0.1) is 5.92 Å². The predicted molar refractivity (Wildman–Crippen MR) is 90.1 cm³/mol. The lowest BCUT2D eigenvalue weighted by molar-refractivity contribution is -0.159. The Hall–Kier alpha value is -2.34. The molecular formula is C17H16N2O3S. The monoisotopic (exact) mass is 328 g/mol. The van der Waals surface area contributed by atoms with E-state index in [0.29, 0.717) is 5.11 Å². The Balaban J connectivity index is 1.99. The average molecular weight is 328 g/mol. The van der Waals surface area contributed by atoms with E-state index in [1.54, 1.807) is 0 Å². The van der Waals surface area contributed by atoms with Gasteiger partial charge >= 0.3 is 5.97 Å². The van der Waals surface area contributed by atoms with Crippen LogP contribution in [-0.2, 0) is 9.53 Å². The van der Waals surface area contributed by atoms with E-state index in [2.05, 4.69) is 10.6 Å². The summed E-state index contributed by atoms with van der Waals surface area (Å²) in [5.74, 6) is -0.130. The number of rotatable bonds is 1. The third-order valence-electron chi connectivity index (χ3n) is 4.59. The highest BCUT2D eigenvalue weighted by atomic mass is 32.1. The minimum atomic E-state index is -0.935. The second-order valence-corrected chi connectivity index (χ2v) is 6.39. The van der Waals surface area contributed by atoms with Crippen LogP contribution in [0.2, 0.25) is 0 Å². The third kappa shape index (κ3) is 1.98. The minimum Gasteiger partial charge on any atom is -0.469 e. The van der Waals surface area contributed by atoms with Crippen molar-refractivity contribution in [3.05, 3.63) is 42.0 Å². The maximum absolute atomic E-state index is 12.4. The number of esters is 1. The van der Waals surface area contributed by atoms with Crippen LogP contribution >= 0.6 is 12.2 Å². The van der Waals surface area contributed by atoms with Gasteiger partial charge in [0, 0.05) is 5.56 Å². The van der Waals surface area contributed by atoms with E-state index in [1.165, 1.54) is 7.11 Å². The zero-order valence-electron chi connectivity index (χ0n) is 12.8. The molecule has 1 saturated heterocycles. The van der Waals surface area contributed by atoms with Crippen molar-refractivity contribution in [3.8, 4) is 5.75 Å². The van der Waals surface area contributed by atoms with E-state index >= 15 is 0 Å². The summed E-state index contributed by atoms with van der Waals surface area (Å²) in [5, 5.41) is 8.91. The smallest absolute Gasteiger partial charge is 0.317 e. The normalized spacial score (nSPS) is 28.2. The molecule has 2 aromatic carbocycles. The van der Waals surface area contributed by atoms with Crippen LogP contribution in [0.4, 0.5) is 0 Å². The van der Waals surface area contributed by atoms with Crippen molar-refractivity contribution in [3.63, 3.8) is 0 Å². The van der Waals surface area contributed by atoms with Crippen LogP contribution in [0.25, 0.3) is 10.8 Å². The molecule has 2 heterocycles. The quantitative estimate of drug-likeness (QED) is 0.618. The summed E-state index contributed by atoms with van der Waals surface area (Å²) in [6.45, 7) is 1.83. The highest BCUT2D eigenvalue weighted by Crippen LogP contribution is 2.47. The SMILES string of the molecule is COC(=O)[C@@H]1[C@@H]2NC(=S)N[C@@]1(C)Oc1ccc3ccccc3c12. The molecule has 0 amide bonds. The second kappa shape index (κ2) is 4.83. The Morgan fingerprint density at radius 3 is 2.87 bits per heavy atom. The first kappa shape index (κ1) is 14.3. The van der Waals surface area contributed by atoms with Crippen LogP contribution in [0.15, 0.2) is 36.4 Å². The number of ether oxygens (including phenoxy) is 2. The van der Waals surface area contributed by atoms with E-state index in [4.69, 9.17) is 21.7 Å². The molecule has 0 aliphatic carbocycles. The average Bonchev–Trinajstić information content (AvgIpc) is 2.52. The molecular weight excluding hydrogens is 312 g/mol. The summed E-state index contributed by atoms with van der Waals surface area (Å²) in [5.41, 5.74) is 0.00931. The number of carbonyl (C=O) groups excluding carboxylic acids is 1. The Bertz CT molecular complexity index is 838. The fourth-order valence-corrected chi connectivity index (χ4v) is 3.94. The highest BCUT2D eigenvalue weighted by molar-refractivity contribution is 7.80. The summed E-state index contributed by atoms with van der Waals surface area (Å²) in [4.78, 5) is 12.4. The molecule has 1 fully saturated rings. The molecule has 5 nitrogen and oxygen atoms in total. The molecule has 23 heavy (non-hydrogen) atoms. The first-order valence-corrected chi connectivity index (χ1v) is 7.81. The Morgan fingerprint density at radius 2 is 2.09 bits per heavy atom. The van der Waals surface area contributed by atoms with Crippen molar-refractivity contribution < 1.29 is 14.3 Å². The first-order chi connectivity index (χ1) is 11.0. The zero-order chi connectivity index (χ0) is 16.2. The molecule has 0 aromatic heterocycles. The van der Waals surface area contributed by atoms with Gasteiger partial charge in [0.1, 0.15) is 11.7 Å². The summed E-state index contributed by atoms with van der Waals surface area (Å²) >= 11 is 5.31. The van der Waals surface area contributed by atoms with Crippen LogP contribution in [-0.4, -0.2) is 23.9 Å². The molecule has 4 rings (SSSR count). The fraction of sp³-hybridized carbons (Fsp3) is 0.294. The number of benzene rings is 2. The zero-order valence-corrected chi connectivity index (χ0v) is 13.6. The largest absolute Gasteiger partial charge is 0.469 e. The number of thiocarbonyl (C=S) groups is 1. The lowest BCUT2D eigenvalue weighted by Crippen LogP contribution is -2.70. The highest BCUT2D eigenvalue weighted by Gasteiger charge is 2.55. The summed E-state index contributed by atoms with van der Waals surface area (Å²) in [7, 11) is 1.39. The Morgan fingerprint density at radius 1 is 1.30 bits per heavy atom. The number of carbonyl (C=O) groups is 1. The van der Waals surface area contributed by atoms with E-state index in [0.717, 1.165) is 22.1 Å². The number of fused-ring (bicyclic) bond motifs is 6. The van der Waals surface area contributed by atoms with Gasteiger partial charge in [-0.15, -0.1) is 0 Å². The summed E-state index contributed by atoms with van der Waals surface area (Å²) in [6.07, 6.45) is 0. The fourth-order valence-electron chi connectivity index (χ4n) is 3.61. The van der Waals surface area contributed by atoms with E-state index in [9.17, 15) is 4.79 Å². The molecule has 2 bridgehead atoms. The first-order valence-electron chi connectivity index (χ1n) is 7.40. The standard InChI is InChI=1S/C17H16N2O3S/c1-17-13(15(20)21-2)14(18-16(23)19-17)12-10-6-4-3-5-9(10)7-8-11(12)22-17/h3-8,13-14H,1-2H3,(H2,18,19,23)/t13-,14+,17-/m0/s1. The van der Waals surface area contributed by atoms with Gasteiger partial charge in [-0.3, -0.25) is 4.79 Å². The maximum Gasteiger partial charge on any atom is 0.317 e. The molecule has 0 unspecified atom stereocenters. The van der Waals surface area contributed by atoms with Crippen molar-refractivity contribution in [1.29, 1.82) is 0 Å². The summed E-state index contributed by atoms with van der Waals surface area (Å²) in [6, 6.07) is 11.7. The molecule has 0 spiro atoms. The summed E-state index contributed by atoms with van der Waals surface area (Å²) < 4.78 is 11.2. The minimum absolute atomic E-state index is 0.295. The lowest BCUT2D eigenvalue weighted by atomic mass is 9.79. The van der Waals surface area contributed by atoms with Crippen molar-refractivity contribution in [1.82, 2.24) is 10.6 Å². The van der Waals surface area contributed by atoms with Gasteiger partial charge in [-0.1, -0.05) is 30.3 Å². The molecule has 2 aromatic rings. The van der Waals surface area contributed by atoms with Gasteiger partial charge in [0.15, 0.2) is 10.8 Å². The van der Waals surface area contributed by atoms with Crippen molar-refractivity contribution in [2.75, 3.05) is 7.11 Å². The van der Waals surface area contributed by atoms with Gasteiger partial charge in [-0.25, -0.2) is 0 Å². The van der Waals surface area contributed by atoms with Gasteiger partial charge in [0.05, 0.1) is 13.2 Å². The second-order valence-electron chi connectivity index (χ2n) is 5.98. The molecule has 6 heteroatoms. The predicted octanol–water partition coefficient (Wildman–Crippen LogP) is 2.26. The van der Waals surface area contributed by atoms with Crippen molar-refractivity contribution in [2.24, 2.45) is 5.92 Å². The molecule has 0 radical (unpaired) electrons.